The number of hydrogen-bond acceptors (Lipinski definition) is 6. The van der Waals surface area contributed by atoms with E-state index in [4.69, 9.17) is 11.6 Å². The van der Waals surface area contributed by atoms with Crippen molar-refractivity contribution in [2.24, 2.45) is 5.73 Å². The fraction of sp³-hybridized carbons (Fsp3) is 0.500. The van der Waals surface area contributed by atoms with Crippen LogP contribution in [-0.2, 0) is 16.1 Å². The van der Waals surface area contributed by atoms with Gasteiger partial charge in [-0.1, -0.05) is 61.4 Å². The van der Waals surface area contributed by atoms with Crippen molar-refractivity contribution >= 4 is 23.6 Å². The zero-order chi connectivity index (χ0) is 20.6. The van der Waals surface area contributed by atoms with Crippen molar-refractivity contribution in [2.75, 3.05) is 18.1 Å². The largest absolute Gasteiger partial charge is 0.370 e. The Bertz CT molecular complexity index is 820. The van der Waals surface area contributed by atoms with Crippen LogP contribution < -0.4 is 11.6 Å². The molecule has 0 spiro atoms. The molecular formula is C20H28N6O2S. The summed E-state index contributed by atoms with van der Waals surface area (Å²) in [6.07, 6.45) is 5.92. The third-order valence-corrected chi connectivity index (χ3v) is 6.11. The number of thioether (sulfide) groups is 1. The summed E-state index contributed by atoms with van der Waals surface area (Å²) < 4.78 is 1.53. The predicted octanol–water partition coefficient (Wildman–Crippen LogP) is 2.04. The maximum absolute atomic E-state index is 12.8. The predicted molar refractivity (Wildman–Crippen MR) is 112 cm³/mol. The minimum atomic E-state index is -0.428. The molecular weight excluding hydrogens is 388 g/mol. The Morgan fingerprint density at radius 3 is 2.55 bits per heavy atom. The molecule has 1 fully saturated rings. The number of hydrogen-bond donors (Lipinski definition) is 2. The summed E-state index contributed by atoms with van der Waals surface area (Å²) >= 11 is 1.27. The van der Waals surface area contributed by atoms with Crippen LogP contribution in [0.25, 0.3) is 0 Å². The molecule has 8 nitrogen and oxygen atoms in total. The molecule has 1 heterocycles. The maximum atomic E-state index is 12.8. The number of aromatic nitrogens is 3. The monoisotopic (exact) mass is 416 g/mol. The molecule has 4 N–H and O–H groups in total. The van der Waals surface area contributed by atoms with E-state index in [2.05, 4.69) is 10.2 Å². The first-order valence-corrected chi connectivity index (χ1v) is 11.0. The maximum Gasteiger partial charge on any atom is 0.233 e. The zero-order valence-corrected chi connectivity index (χ0v) is 17.3. The molecule has 9 heteroatoms. The van der Waals surface area contributed by atoms with E-state index in [9.17, 15) is 9.59 Å². The van der Waals surface area contributed by atoms with Crippen molar-refractivity contribution < 1.29 is 9.59 Å². The molecule has 3 rings (SSSR count). The molecule has 1 aliphatic rings. The first-order valence-electron chi connectivity index (χ1n) is 9.97. The number of benzene rings is 1. The van der Waals surface area contributed by atoms with Crippen molar-refractivity contribution in [3.63, 3.8) is 0 Å². The topological polar surface area (TPSA) is 120 Å². The molecule has 0 aliphatic heterocycles. The molecule has 2 aromatic rings. The number of nitrogen functional groups attached to an aromatic ring is 1. The van der Waals surface area contributed by atoms with Crippen molar-refractivity contribution in [3.8, 4) is 0 Å². The van der Waals surface area contributed by atoms with E-state index < -0.39 is 5.91 Å². The molecule has 0 bridgehead atoms. The first-order chi connectivity index (χ1) is 14.0. The number of nitrogens with zero attached hydrogens (tertiary/aromatic N) is 4. The van der Waals surface area contributed by atoms with Gasteiger partial charge in [-0.05, 0) is 18.4 Å². The molecule has 2 amide bonds. The lowest BCUT2D eigenvalue weighted by Gasteiger charge is -2.22. The Hall–Kier alpha value is -2.55. The van der Waals surface area contributed by atoms with Crippen LogP contribution >= 0.6 is 11.8 Å². The second-order valence-corrected chi connectivity index (χ2v) is 8.29. The quantitative estimate of drug-likeness (QED) is 0.477. The minimum absolute atomic E-state index is 0.0951. The second-order valence-electron chi connectivity index (χ2n) is 7.35. The van der Waals surface area contributed by atoms with Gasteiger partial charge in [0.25, 0.3) is 0 Å². The molecule has 0 unspecified atom stereocenters. The van der Waals surface area contributed by atoms with Crippen LogP contribution in [0, 0.1) is 0 Å². The van der Waals surface area contributed by atoms with Gasteiger partial charge in [0, 0.05) is 25.4 Å². The Morgan fingerprint density at radius 1 is 1.14 bits per heavy atom. The van der Waals surface area contributed by atoms with E-state index in [0.29, 0.717) is 17.6 Å². The van der Waals surface area contributed by atoms with E-state index in [1.165, 1.54) is 35.7 Å². The third kappa shape index (κ3) is 5.96. The fourth-order valence-electron chi connectivity index (χ4n) is 3.58. The molecule has 0 atom stereocenters. The normalized spacial score (nSPS) is 14.6. The first kappa shape index (κ1) is 21.2. The Balaban J connectivity index is 1.61. The van der Waals surface area contributed by atoms with Gasteiger partial charge in [0.15, 0.2) is 5.82 Å². The SMILES string of the molecule is NC(=O)CCN(Cc1ccccc1)C(=O)CSc1nnc(C2CCCCC2)n1N. The Labute approximate surface area is 175 Å². The lowest BCUT2D eigenvalue weighted by atomic mass is 9.89. The average Bonchev–Trinajstić information content (AvgIpc) is 3.11. The number of rotatable bonds is 9. The van der Waals surface area contributed by atoms with Gasteiger partial charge in [-0.3, -0.25) is 9.59 Å². The molecule has 1 saturated carbocycles. The van der Waals surface area contributed by atoms with Gasteiger partial charge in [0.2, 0.25) is 17.0 Å². The standard InChI is InChI=1S/C20H28N6O2S/c21-17(27)11-12-25(13-15-7-3-1-4-8-15)18(28)14-29-20-24-23-19(26(20)22)16-9-5-2-6-10-16/h1,3-4,7-8,16H,2,5-6,9-14,22H2,(H2,21,27). The highest BCUT2D eigenvalue weighted by Crippen LogP contribution is 2.32. The molecule has 29 heavy (non-hydrogen) atoms. The molecule has 156 valence electrons. The van der Waals surface area contributed by atoms with E-state index in [1.807, 2.05) is 30.3 Å². The molecule has 1 aromatic carbocycles. The van der Waals surface area contributed by atoms with Crippen molar-refractivity contribution in [3.05, 3.63) is 41.7 Å². The second kappa shape index (κ2) is 10.3. The van der Waals surface area contributed by atoms with Crippen LogP contribution in [0.5, 0.6) is 0 Å². The van der Waals surface area contributed by atoms with E-state index >= 15 is 0 Å². The smallest absolute Gasteiger partial charge is 0.233 e. The highest BCUT2D eigenvalue weighted by Gasteiger charge is 2.23. The number of carbonyl (C=O) groups excluding carboxylic acids is 2. The number of primary amides is 1. The van der Waals surface area contributed by atoms with Crippen molar-refractivity contribution in [1.29, 1.82) is 0 Å². The van der Waals surface area contributed by atoms with Crippen LogP contribution in [0.3, 0.4) is 0 Å². The highest BCUT2D eigenvalue weighted by molar-refractivity contribution is 7.99. The van der Waals surface area contributed by atoms with E-state index in [-0.39, 0.29) is 24.6 Å². The van der Waals surface area contributed by atoms with Crippen molar-refractivity contribution in [2.45, 2.75) is 56.1 Å². The van der Waals surface area contributed by atoms with Crippen LogP contribution in [0.2, 0.25) is 0 Å². The van der Waals surface area contributed by atoms with Gasteiger partial charge < -0.3 is 16.5 Å². The molecule has 1 aliphatic carbocycles. The summed E-state index contributed by atoms with van der Waals surface area (Å²) in [7, 11) is 0. The lowest BCUT2D eigenvalue weighted by molar-refractivity contribution is -0.129. The fourth-order valence-corrected chi connectivity index (χ4v) is 4.35. The Morgan fingerprint density at radius 2 is 1.86 bits per heavy atom. The number of amides is 2. The van der Waals surface area contributed by atoms with Crippen LogP contribution in [0.1, 0.15) is 55.8 Å². The van der Waals surface area contributed by atoms with Gasteiger partial charge in [-0.25, -0.2) is 4.68 Å². The van der Waals surface area contributed by atoms with Crippen LogP contribution in [-0.4, -0.2) is 43.9 Å². The lowest BCUT2D eigenvalue weighted by Crippen LogP contribution is -2.35. The Kier molecular flexibility index (Phi) is 7.51. The zero-order valence-electron chi connectivity index (χ0n) is 16.5. The van der Waals surface area contributed by atoms with Gasteiger partial charge in [0.1, 0.15) is 0 Å². The molecule has 0 radical (unpaired) electrons. The summed E-state index contributed by atoms with van der Waals surface area (Å²) in [4.78, 5) is 25.6. The van der Waals surface area contributed by atoms with E-state index in [0.717, 1.165) is 24.2 Å². The molecule has 1 aromatic heterocycles. The number of carbonyl (C=O) groups is 2. The van der Waals surface area contributed by atoms with E-state index in [1.54, 1.807) is 4.90 Å². The van der Waals surface area contributed by atoms with Crippen LogP contribution in [0.15, 0.2) is 35.5 Å². The van der Waals surface area contributed by atoms with Gasteiger partial charge in [-0.15, -0.1) is 10.2 Å². The van der Waals surface area contributed by atoms with Gasteiger partial charge in [0.05, 0.1) is 5.75 Å². The minimum Gasteiger partial charge on any atom is -0.370 e. The summed E-state index contributed by atoms with van der Waals surface area (Å²) in [6.45, 7) is 0.711. The highest BCUT2D eigenvalue weighted by atomic mass is 32.2. The third-order valence-electron chi connectivity index (χ3n) is 5.18. The summed E-state index contributed by atoms with van der Waals surface area (Å²) in [5.74, 6) is 7.00. The van der Waals surface area contributed by atoms with Gasteiger partial charge >= 0.3 is 0 Å². The summed E-state index contributed by atoms with van der Waals surface area (Å²) in [6, 6.07) is 9.66. The average molecular weight is 417 g/mol. The van der Waals surface area contributed by atoms with Crippen LogP contribution in [0.4, 0.5) is 0 Å². The van der Waals surface area contributed by atoms with Gasteiger partial charge in [-0.2, -0.15) is 0 Å². The van der Waals surface area contributed by atoms with Crippen molar-refractivity contribution in [1.82, 2.24) is 19.8 Å². The summed E-state index contributed by atoms with van der Waals surface area (Å²) in [5, 5.41) is 8.99. The number of nitrogens with two attached hydrogens (primary N) is 2. The summed E-state index contributed by atoms with van der Waals surface area (Å²) in [5.41, 5.74) is 6.27. The molecule has 0 saturated heterocycles.